The van der Waals surface area contributed by atoms with Gasteiger partial charge in [-0.2, -0.15) is 13.2 Å². The van der Waals surface area contributed by atoms with Crippen molar-refractivity contribution in [3.63, 3.8) is 0 Å². The molecule has 6 atom stereocenters. The Kier molecular flexibility index (Phi) is 6.23. The number of amides is 2. The lowest BCUT2D eigenvalue weighted by atomic mass is 9.86. The monoisotopic (exact) mass is 474 g/mol. The fourth-order valence-corrected chi connectivity index (χ4v) is 5.37. The molecule has 1 aliphatic heterocycles. The minimum atomic E-state index is -5.02. The average molecular weight is 474 g/mol. The Hall–Kier alpha value is -2.50. The van der Waals surface area contributed by atoms with E-state index in [1.54, 1.807) is 6.92 Å². The van der Waals surface area contributed by atoms with E-state index in [1.165, 1.54) is 12.0 Å². The number of alkyl halides is 3. The van der Waals surface area contributed by atoms with Crippen molar-refractivity contribution in [1.29, 1.82) is 0 Å². The number of aromatic nitrogens is 2. The molecule has 1 aromatic rings. The zero-order valence-electron chi connectivity index (χ0n) is 18.3. The van der Waals surface area contributed by atoms with Crippen LogP contribution in [0.4, 0.5) is 22.4 Å². The Labute approximate surface area is 188 Å². The van der Waals surface area contributed by atoms with E-state index in [9.17, 15) is 27.2 Å². The van der Waals surface area contributed by atoms with Crippen LogP contribution >= 0.6 is 0 Å². The van der Waals surface area contributed by atoms with Crippen LogP contribution in [0.3, 0.4) is 0 Å². The highest BCUT2D eigenvalue weighted by Gasteiger charge is 2.60. The van der Waals surface area contributed by atoms with E-state index in [4.69, 9.17) is 9.47 Å². The quantitative estimate of drug-likeness (QED) is 0.660. The third-order valence-corrected chi connectivity index (χ3v) is 7.11. The Morgan fingerprint density at radius 2 is 1.97 bits per heavy atom. The van der Waals surface area contributed by atoms with Gasteiger partial charge in [-0.05, 0) is 44.9 Å². The first-order valence-electron chi connectivity index (χ1n) is 10.9. The standard InChI is InChI=1S/C21H26F4N4O4/c1-11-5-15(28-18(30)21(23,24)25)16(29(11)19(31)32-2)10-33-14-3-4-20(7-12(20)6-14)17-26-8-13(22)9-27-17/h8-9,11-12,14-16H,3-7,10H2,1-2H3,(H,28,30)/t11-,12-,14+,15+,16+,20-/m1/s1. The minimum absolute atomic E-state index is 0.0281. The minimum Gasteiger partial charge on any atom is -0.453 e. The number of carbonyl (C=O) groups excluding carboxylic acids is 2. The van der Waals surface area contributed by atoms with Crippen LogP contribution in [-0.2, 0) is 19.7 Å². The van der Waals surface area contributed by atoms with Crippen molar-refractivity contribution < 1.29 is 36.6 Å². The fourth-order valence-electron chi connectivity index (χ4n) is 5.37. The molecule has 3 aliphatic rings. The molecule has 8 nitrogen and oxygen atoms in total. The van der Waals surface area contributed by atoms with Crippen molar-refractivity contribution in [3.05, 3.63) is 24.0 Å². The molecule has 0 radical (unpaired) electrons. The summed E-state index contributed by atoms with van der Waals surface area (Å²) in [6.07, 6.45) is -0.365. The van der Waals surface area contributed by atoms with Crippen LogP contribution in [0.25, 0.3) is 0 Å². The van der Waals surface area contributed by atoms with E-state index >= 15 is 0 Å². The molecule has 2 saturated carbocycles. The van der Waals surface area contributed by atoms with Crippen molar-refractivity contribution in [2.75, 3.05) is 13.7 Å². The van der Waals surface area contributed by atoms with Crippen LogP contribution in [0.2, 0.25) is 0 Å². The van der Waals surface area contributed by atoms with Gasteiger partial charge in [0, 0.05) is 11.5 Å². The maximum Gasteiger partial charge on any atom is 0.471 e. The molecule has 0 spiro atoms. The van der Waals surface area contributed by atoms with Gasteiger partial charge in [0.05, 0.1) is 44.3 Å². The maximum atomic E-state index is 13.1. The number of nitrogens with one attached hydrogen (secondary N) is 1. The van der Waals surface area contributed by atoms with Gasteiger partial charge in [0.2, 0.25) is 0 Å². The number of nitrogens with zero attached hydrogens (tertiary/aromatic N) is 3. The lowest BCUT2D eigenvalue weighted by Crippen LogP contribution is -2.52. The maximum absolute atomic E-state index is 13.1. The van der Waals surface area contributed by atoms with Crippen LogP contribution in [0, 0.1) is 11.7 Å². The van der Waals surface area contributed by atoms with Crippen LogP contribution in [0.5, 0.6) is 0 Å². The second-order valence-electron chi connectivity index (χ2n) is 9.12. The summed E-state index contributed by atoms with van der Waals surface area (Å²) in [4.78, 5) is 33.4. The predicted octanol–water partition coefficient (Wildman–Crippen LogP) is 2.72. The van der Waals surface area contributed by atoms with E-state index in [2.05, 4.69) is 9.97 Å². The third kappa shape index (κ3) is 4.62. The summed E-state index contributed by atoms with van der Waals surface area (Å²) in [7, 11) is 1.19. The first-order chi connectivity index (χ1) is 15.5. The lowest BCUT2D eigenvalue weighted by Gasteiger charge is -2.32. The molecular weight excluding hydrogens is 448 g/mol. The number of rotatable bonds is 5. The molecule has 4 rings (SSSR count). The van der Waals surface area contributed by atoms with Crippen molar-refractivity contribution in [2.45, 2.75) is 74.8 Å². The average Bonchev–Trinajstić information content (AvgIpc) is 3.42. The van der Waals surface area contributed by atoms with Crippen molar-refractivity contribution in [1.82, 2.24) is 20.2 Å². The predicted molar refractivity (Wildman–Crippen MR) is 105 cm³/mol. The fraction of sp³-hybridized carbons (Fsp3) is 0.714. The summed E-state index contributed by atoms with van der Waals surface area (Å²) in [5.74, 6) is -1.63. The molecule has 1 aromatic heterocycles. The molecule has 33 heavy (non-hydrogen) atoms. The second-order valence-corrected chi connectivity index (χ2v) is 9.12. The van der Waals surface area contributed by atoms with E-state index in [1.807, 2.05) is 5.32 Å². The summed E-state index contributed by atoms with van der Waals surface area (Å²) in [6, 6.07) is -2.13. The summed E-state index contributed by atoms with van der Waals surface area (Å²) in [5.41, 5.74) is -0.170. The van der Waals surface area contributed by atoms with Gasteiger partial charge in [0.15, 0.2) is 5.82 Å². The SMILES string of the molecule is COC(=O)N1[C@H](C)C[C@H](NC(=O)C(F)(F)F)[C@@H]1CO[C@H]1CC[C@@]2(c3ncc(F)cn3)C[C@H]2C1. The Morgan fingerprint density at radius 3 is 2.58 bits per heavy atom. The Morgan fingerprint density at radius 1 is 1.27 bits per heavy atom. The largest absolute Gasteiger partial charge is 0.471 e. The molecule has 2 heterocycles. The summed E-state index contributed by atoms with van der Waals surface area (Å²) in [5, 5.41) is 2.00. The number of ether oxygens (including phenoxy) is 2. The van der Waals surface area contributed by atoms with Gasteiger partial charge in [-0.25, -0.2) is 19.2 Å². The van der Waals surface area contributed by atoms with Crippen LogP contribution in [-0.4, -0.2) is 71.0 Å². The van der Waals surface area contributed by atoms with E-state index in [0.717, 1.165) is 25.2 Å². The molecule has 0 aromatic carbocycles. The van der Waals surface area contributed by atoms with Crippen molar-refractivity contribution >= 4 is 12.0 Å². The first-order valence-corrected chi connectivity index (χ1v) is 10.9. The molecule has 1 N–H and O–H groups in total. The number of methoxy groups -OCH3 is 1. The normalized spacial score (nSPS) is 33.4. The summed E-state index contributed by atoms with van der Waals surface area (Å²) >= 11 is 0. The Balaban J connectivity index is 1.39. The highest BCUT2D eigenvalue weighted by atomic mass is 19.4. The number of hydrogen-bond acceptors (Lipinski definition) is 6. The second kappa shape index (κ2) is 8.69. The number of fused-ring (bicyclic) bond motifs is 1. The molecule has 0 unspecified atom stereocenters. The van der Waals surface area contributed by atoms with Gasteiger partial charge in [-0.3, -0.25) is 9.69 Å². The van der Waals surface area contributed by atoms with Gasteiger partial charge in [-0.15, -0.1) is 0 Å². The smallest absolute Gasteiger partial charge is 0.453 e. The van der Waals surface area contributed by atoms with Crippen molar-refractivity contribution in [3.8, 4) is 0 Å². The number of halogens is 4. The first kappa shape index (κ1) is 23.7. The van der Waals surface area contributed by atoms with Gasteiger partial charge in [0.25, 0.3) is 0 Å². The third-order valence-electron chi connectivity index (χ3n) is 7.11. The van der Waals surface area contributed by atoms with Gasteiger partial charge >= 0.3 is 18.2 Å². The molecule has 12 heteroatoms. The molecule has 2 amide bonds. The van der Waals surface area contributed by atoms with Crippen LogP contribution in [0.15, 0.2) is 12.4 Å². The highest BCUT2D eigenvalue weighted by molar-refractivity contribution is 5.82. The summed E-state index contributed by atoms with van der Waals surface area (Å²) < 4.78 is 62.4. The van der Waals surface area contributed by atoms with Crippen LogP contribution < -0.4 is 5.32 Å². The van der Waals surface area contributed by atoms with E-state index in [0.29, 0.717) is 18.7 Å². The zero-order valence-corrected chi connectivity index (χ0v) is 18.3. The topological polar surface area (TPSA) is 93.7 Å². The van der Waals surface area contributed by atoms with E-state index < -0.39 is 42.1 Å². The lowest BCUT2D eigenvalue weighted by molar-refractivity contribution is -0.174. The molecule has 182 valence electrons. The molecule has 1 saturated heterocycles. The van der Waals surface area contributed by atoms with Gasteiger partial charge < -0.3 is 14.8 Å². The number of likely N-dealkylation sites (tertiary alicyclic amines) is 1. The number of hydrogen-bond donors (Lipinski definition) is 1. The zero-order chi connectivity index (χ0) is 24.0. The molecular formula is C21H26F4N4O4. The van der Waals surface area contributed by atoms with Gasteiger partial charge in [0.1, 0.15) is 5.82 Å². The van der Waals surface area contributed by atoms with Crippen LogP contribution in [0.1, 0.15) is 44.9 Å². The highest BCUT2D eigenvalue weighted by Crippen LogP contribution is 2.61. The van der Waals surface area contributed by atoms with E-state index in [-0.39, 0.29) is 30.5 Å². The molecule has 3 fully saturated rings. The van der Waals surface area contributed by atoms with Crippen molar-refractivity contribution in [2.24, 2.45) is 5.92 Å². The number of carbonyl (C=O) groups is 2. The van der Waals surface area contributed by atoms with Gasteiger partial charge in [-0.1, -0.05) is 0 Å². The molecule has 0 bridgehead atoms. The summed E-state index contributed by atoms with van der Waals surface area (Å²) in [6.45, 7) is 1.66. The Bertz CT molecular complexity index is 899. The molecule has 2 aliphatic carbocycles.